The molecule has 2 amide bonds. The van der Waals surface area contributed by atoms with E-state index in [4.69, 9.17) is 4.74 Å². The first-order chi connectivity index (χ1) is 12.5. The van der Waals surface area contributed by atoms with Crippen LogP contribution in [0.15, 0.2) is 42.5 Å². The highest BCUT2D eigenvalue weighted by Crippen LogP contribution is 2.21. The number of hydrazine groups is 1. The first kappa shape index (κ1) is 20.1. The molecule has 0 aliphatic rings. The first-order valence-electron chi connectivity index (χ1n) is 8.77. The summed E-state index contributed by atoms with van der Waals surface area (Å²) in [6.45, 7) is 5.95. The Morgan fingerprint density at radius 1 is 1.04 bits per heavy atom. The van der Waals surface area contributed by atoms with Gasteiger partial charge in [0.25, 0.3) is 5.91 Å². The zero-order valence-electron chi connectivity index (χ0n) is 15.5. The van der Waals surface area contributed by atoms with E-state index in [9.17, 15) is 9.59 Å². The van der Waals surface area contributed by atoms with Crippen LogP contribution < -0.4 is 15.6 Å². The molecular formula is C20H26N2O3S. The second-order valence-corrected chi connectivity index (χ2v) is 7.65. The molecule has 0 heterocycles. The van der Waals surface area contributed by atoms with Crippen LogP contribution in [0.3, 0.4) is 0 Å². The molecule has 5 nitrogen and oxygen atoms in total. The number of hydrogen-bond donors (Lipinski definition) is 2. The third kappa shape index (κ3) is 6.59. The minimum absolute atomic E-state index is 0.218. The van der Waals surface area contributed by atoms with Crippen molar-refractivity contribution in [3.63, 3.8) is 0 Å². The summed E-state index contributed by atoms with van der Waals surface area (Å²) >= 11 is 1.56. The van der Waals surface area contributed by atoms with Crippen molar-refractivity contribution in [3.05, 3.63) is 42.5 Å². The number of thioether (sulfide) groups is 1. The van der Waals surface area contributed by atoms with E-state index >= 15 is 0 Å². The van der Waals surface area contributed by atoms with E-state index in [2.05, 4.69) is 24.7 Å². The fourth-order valence-electron chi connectivity index (χ4n) is 2.25. The lowest BCUT2D eigenvalue weighted by Gasteiger charge is -2.15. The van der Waals surface area contributed by atoms with E-state index in [1.807, 2.05) is 42.5 Å². The van der Waals surface area contributed by atoms with Crippen molar-refractivity contribution in [2.75, 3.05) is 11.5 Å². The molecule has 0 aromatic heterocycles. The number of nitrogens with one attached hydrogen (secondary N) is 2. The van der Waals surface area contributed by atoms with Crippen LogP contribution in [0.5, 0.6) is 5.75 Å². The Balaban J connectivity index is 1.75. The Morgan fingerprint density at radius 2 is 1.77 bits per heavy atom. The molecule has 2 aromatic rings. The van der Waals surface area contributed by atoms with Crippen LogP contribution in [-0.4, -0.2) is 29.4 Å². The predicted molar refractivity (Wildman–Crippen MR) is 107 cm³/mol. The largest absolute Gasteiger partial charge is 0.481 e. The van der Waals surface area contributed by atoms with Crippen LogP contribution in [0.2, 0.25) is 0 Å². The topological polar surface area (TPSA) is 67.4 Å². The smallest absolute Gasteiger partial charge is 0.279 e. The normalized spacial score (nSPS) is 12.0. The summed E-state index contributed by atoms with van der Waals surface area (Å²) in [5.74, 6) is 1.89. The molecule has 26 heavy (non-hydrogen) atoms. The molecule has 2 aromatic carbocycles. The van der Waals surface area contributed by atoms with Crippen LogP contribution in [0.4, 0.5) is 0 Å². The van der Waals surface area contributed by atoms with Crippen molar-refractivity contribution < 1.29 is 14.3 Å². The summed E-state index contributed by atoms with van der Waals surface area (Å²) in [4.78, 5) is 23.8. The van der Waals surface area contributed by atoms with Gasteiger partial charge in [0.2, 0.25) is 5.91 Å². The molecule has 0 aliphatic heterocycles. The van der Waals surface area contributed by atoms with Gasteiger partial charge in [0.1, 0.15) is 5.75 Å². The molecule has 0 saturated carbocycles. The van der Waals surface area contributed by atoms with E-state index < -0.39 is 12.0 Å². The Morgan fingerprint density at radius 3 is 2.50 bits per heavy atom. The van der Waals surface area contributed by atoms with Gasteiger partial charge in [-0.05, 0) is 47.9 Å². The number of amides is 2. The quantitative estimate of drug-likeness (QED) is 0.548. The summed E-state index contributed by atoms with van der Waals surface area (Å²) in [6, 6.07) is 13.6. The van der Waals surface area contributed by atoms with Gasteiger partial charge in [-0.15, -0.1) is 0 Å². The minimum Gasteiger partial charge on any atom is -0.481 e. The molecule has 2 N–H and O–H groups in total. The summed E-state index contributed by atoms with van der Waals surface area (Å²) in [7, 11) is 0. The molecule has 1 unspecified atom stereocenters. The number of rotatable bonds is 8. The average molecular weight is 375 g/mol. The van der Waals surface area contributed by atoms with Gasteiger partial charge in [-0.1, -0.05) is 44.2 Å². The highest BCUT2D eigenvalue weighted by atomic mass is 32.2. The molecule has 1 atom stereocenters. The molecule has 0 spiro atoms. The lowest BCUT2D eigenvalue weighted by molar-refractivity contribution is -0.131. The van der Waals surface area contributed by atoms with E-state index in [0.29, 0.717) is 17.4 Å². The van der Waals surface area contributed by atoms with Crippen molar-refractivity contribution in [1.82, 2.24) is 10.9 Å². The third-order valence-electron chi connectivity index (χ3n) is 3.80. The fraction of sp³-hybridized carbons (Fsp3) is 0.400. The zero-order valence-corrected chi connectivity index (χ0v) is 16.3. The van der Waals surface area contributed by atoms with E-state index in [1.165, 1.54) is 0 Å². The van der Waals surface area contributed by atoms with Crippen LogP contribution in [0, 0.1) is 5.92 Å². The third-order valence-corrected chi connectivity index (χ3v) is 4.79. The van der Waals surface area contributed by atoms with Gasteiger partial charge >= 0.3 is 0 Å². The van der Waals surface area contributed by atoms with Crippen molar-refractivity contribution in [2.24, 2.45) is 5.92 Å². The zero-order chi connectivity index (χ0) is 18.9. The lowest BCUT2D eigenvalue weighted by atomic mass is 10.1. The van der Waals surface area contributed by atoms with Gasteiger partial charge in [-0.25, -0.2) is 0 Å². The molecule has 0 aliphatic carbocycles. The van der Waals surface area contributed by atoms with Crippen LogP contribution in [0.25, 0.3) is 10.8 Å². The number of hydrogen-bond acceptors (Lipinski definition) is 4. The minimum atomic E-state index is -0.718. The summed E-state index contributed by atoms with van der Waals surface area (Å²) < 4.78 is 5.67. The number of carbonyl (C=O) groups excluding carboxylic acids is 2. The van der Waals surface area contributed by atoms with E-state index in [0.717, 1.165) is 22.9 Å². The average Bonchev–Trinajstić information content (AvgIpc) is 2.63. The monoisotopic (exact) mass is 374 g/mol. The number of fused-ring (bicyclic) bond motifs is 1. The Labute approximate surface area is 158 Å². The van der Waals surface area contributed by atoms with Crippen molar-refractivity contribution in [2.45, 2.75) is 33.3 Å². The maximum Gasteiger partial charge on any atom is 0.279 e. The summed E-state index contributed by atoms with van der Waals surface area (Å²) in [5, 5.41) is 2.16. The second-order valence-electron chi connectivity index (χ2n) is 6.54. The van der Waals surface area contributed by atoms with Gasteiger partial charge in [-0.3, -0.25) is 20.4 Å². The van der Waals surface area contributed by atoms with E-state index in [-0.39, 0.29) is 5.91 Å². The maximum absolute atomic E-state index is 12.1. The summed E-state index contributed by atoms with van der Waals surface area (Å²) in [5.41, 5.74) is 4.84. The van der Waals surface area contributed by atoms with Crippen molar-refractivity contribution >= 4 is 34.3 Å². The molecular weight excluding hydrogens is 348 g/mol. The van der Waals surface area contributed by atoms with Crippen LogP contribution >= 0.6 is 11.8 Å². The van der Waals surface area contributed by atoms with Crippen LogP contribution in [-0.2, 0) is 9.59 Å². The maximum atomic E-state index is 12.1. The second kappa shape index (κ2) is 10.1. The Hall–Kier alpha value is -2.21. The van der Waals surface area contributed by atoms with Gasteiger partial charge < -0.3 is 4.74 Å². The standard InChI is InChI=1S/C20H26N2O3S/c1-14(2)10-11-26-13-19(23)21-22-20(24)15(3)25-18-9-8-16-6-4-5-7-17(16)12-18/h4-9,12,14-15H,10-11,13H2,1-3H3,(H,21,23)(H,22,24). The van der Waals surface area contributed by atoms with Gasteiger partial charge in [-0.2, -0.15) is 11.8 Å². The molecule has 0 bridgehead atoms. The number of benzene rings is 2. The predicted octanol–water partition coefficient (Wildman–Crippen LogP) is 3.53. The Bertz CT molecular complexity index is 749. The molecule has 0 fully saturated rings. The molecule has 0 saturated heterocycles. The van der Waals surface area contributed by atoms with Gasteiger partial charge in [0.05, 0.1) is 5.75 Å². The van der Waals surface area contributed by atoms with Gasteiger partial charge in [0, 0.05) is 0 Å². The number of ether oxygens (including phenoxy) is 1. The highest BCUT2D eigenvalue weighted by molar-refractivity contribution is 7.99. The number of carbonyl (C=O) groups is 2. The fourth-order valence-corrected chi connectivity index (χ4v) is 3.29. The van der Waals surface area contributed by atoms with Gasteiger partial charge in [0.15, 0.2) is 6.10 Å². The van der Waals surface area contributed by atoms with Crippen LogP contribution in [0.1, 0.15) is 27.2 Å². The first-order valence-corrected chi connectivity index (χ1v) is 9.93. The summed E-state index contributed by atoms with van der Waals surface area (Å²) in [6.07, 6.45) is 0.353. The SMILES string of the molecule is CC(C)CCSCC(=O)NNC(=O)C(C)Oc1ccc2ccccc2c1. The van der Waals surface area contributed by atoms with Crippen molar-refractivity contribution in [3.8, 4) is 5.75 Å². The van der Waals surface area contributed by atoms with Crippen molar-refractivity contribution in [1.29, 1.82) is 0 Å². The molecule has 140 valence electrons. The van der Waals surface area contributed by atoms with E-state index in [1.54, 1.807) is 18.7 Å². The molecule has 2 rings (SSSR count). The molecule has 6 heteroatoms. The Kier molecular flexibility index (Phi) is 7.78. The highest BCUT2D eigenvalue weighted by Gasteiger charge is 2.15. The lowest BCUT2D eigenvalue weighted by Crippen LogP contribution is -2.47. The molecule has 0 radical (unpaired) electrons.